The van der Waals surface area contributed by atoms with Gasteiger partial charge in [-0.25, -0.2) is 0 Å². The first-order valence-electron chi connectivity index (χ1n) is 9.47. The second kappa shape index (κ2) is 8.36. The van der Waals surface area contributed by atoms with Gasteiger partial charge in [-0.1, -0.05) is 60.3 Å². The molecule has 10 heteroatoms. The molecule has 152 valence electrons. The Bertz CT molecular complexity index is 1340. The fraction of sp³-hybridized carbons (Fsp3) is 0.0476. The first kappa shape index (κ1) is 18.9. The van der Waals surface area contributed by atoms with E-state index in [2.05, 4.69) is 47.9 Å². The summed E-state index contributed by atoms with van der Waals surface area (Å²) < 4.78 is 1.67. The third-order valence-corrected chi connectivity index (χ3v) is 5.39. The number of fused-ring (bicyclic) bond motifs is 1. The Morgan fingerprint density at radius 3 is 2.55 bits per heavy atom. The Balaban J connectivity index is 1.34. The summed E-state index contributed by atoms with van der Waals surface area (Å²) >= 11 is 1.42. The normalized spacial score (nSPS) is 11.0. The molecule has 3 aromatic carbocycles. The van der Waals surface area contributed by atoms with Gasteiger partial charge in [0.05, 0.1) is 11.4 Å². The van der Waals surface area contributed by atoms with E-state index >= 15 is 0 Å². The Morgan fingerprint density at radius 2 is 1.68 bits per heavy atom. The van der Waals surface area contributed by atoms with Crippen molar-refractivity contribution in [2.75, 3.05) is 11.1 Å². The van der Waals surface area contributed by atoms with Gasteiger partial charge in [-0.05, 0) is 45.5 Å². The van der Waals surface area contributed by atoms with Crippen molar-refractivity contribution in [3.05, 3.63) is 78.6 Å². The highest BCUT2D eigenvalue weighted by Gasteiger charge is 2.12. The largest absolute Gasteiger partial charge is 0.368 e. The van der Waals surface area contributed by atoms with Crippen molar-refractivity contribution >= 4 is 40.1 Å². The fourth-order valence-corrected chi connectivity index (χ4v) is 3.83. The van der Waals surface area contributed by atoms with Gasteiger partial charge in [0.2, 0.25) is 17.1 Å². The molecular weight excluding hydrogens is 410 g/mol. The van der Waals surface area contributed by atoms with Gasteiger partial charge in [-0.15, -0.1) is 5.10 Å². The lowest BCUT2D eigenvalue weighted by Crippen LogP contribution is -2.07. The third-order valence-electron chi connectivity index (χ3n) is 4.48. The second-order valence-corrected chi connectivity index (χ2v) is 7.56. The number of tetrazole rings is 1. The predicted octanol–water partition coefficient (Wildman–Crippen LogP) is 3.62. The molecule has 0 unspecified atom stereocenters. The number of anilines is 3. The van der Waals surface area contributed by atoms with Gasteiger partial charge in [0.15, 0.2) is 0 Å². The number of aromatic nitrogens is 7. The number of nitrogens with two attached hydrogens (primary N) is 1. The van der Waals surface area contributed by atoms with E-state index in [9.17, 15) is 0 Å². The van der Waals surface area contributed by atoms with Gasteiger partial charge in [-0.2, -0.15) is 19.6 Å². The van der Waals surface area contributed by atoms with Gasteiger partial charge in [0, 0.05) is 5.69 Å². The van der Waals surface area contributed by atoms with Crippen LogP contribution in [0.4, 0.5) is 17.6 Å². The highest BCUT2D eigenvalue weighted by molar-refractivity contribution is 7.98. The van der Waals surface area contributed by atoms with Crippen molar-refractivity contribution in [2.24, 2.45) is 0 Å². The number of nitrogens with one attached hydrogen (secondary N) is 1. The average Bonchev–Trinajstić information content (AvgIpc) is 3.27. The Kier molecular flexibility index (Phi) is 5.11. The lowest BCUT2D eigenvalue weighted by molar-refractivity contribution is 0.756. The zero-order chi connectivity index (χ0) is 21.0. The zero-order valence-electron chi connectivity index (χ0n) is 16.3. The van der Waals surface area contributed by atoms with Gasteiger partial charge in [-0.3, -0.25) is 0 Å². The van der Waals surface area contributed by atoms with Gasteiger partial charge in [0.1, 0.15) is 5.82 Å². The number of rotatable bonds is 6. The van der Waals surface area contributed by atoms with Crippen LogP contribution in [0, 0.1) is 0 Å². The topological polar surface area (TPSA) is 120 Å². The Labute approximate surface area is 181 Å². The molecule has 0 atom stereocenters. The molecule has 0 aliphatic rings. The van der Waals surface area contributed by atoms with Crippen LogP contribution >= 0.6 is 11.8 Å². The zero-order valence-corrected chi connectivity index (χ0v) is 17.1. The number of benzene rings is 3. The molecule has 2 heterocycles. The van der Waals surface area contributed by atoms with Crippen molar-refractivity contribution in [1.82, 2.24) is 35.2 Å². The fourth-order valence-electron chi connectivity index (χ4n) is 3.08. The van der Waals surface area contributed by atoms with E-state index in [1.807, 2.05) is 60.7 Å². The molecule has 3 N–H and O–H groups in total. The number of nitrogens with zero attached hydrogens (tertiary/aromatic N) is 7. The average molecular weight is 427 g/mol. The Morgan fingerprint density at radius 1 is 0.871 bits per heavy atom. The van der Waals surface area contributed by atoms with Crippen LogP contribution in [0.1, 0.15) is 5.82 Å². The number of nitrogen functional groups attached to an aromatic ring is 1. The van der Waals surface area contributed by atoms with Crippen LogP contribution in [0.2, 0.25) is 0 Å². The lowest BCUT2D eigenvalue weighted by atomic mass is 10.1. The second-order valence-electron chi connectivity index (χ2n) is 6.62. The molecule has 0 aliphatic heterocycles. The van der Waals surface area contributed by atoms with E-state index in [0.29, 0.717) is 22.7 Å². The number of hydrogen-bond donors (Lipinski definition) is 2. The molecule has 2 aromatic heterocycles. The first-order chi connectivity index (χ1) is 15.2. The molecule has 0 radical (unpaired) electrons. The van der Waals surface area contributed by atoms with Crippen LogP contribution in [-0.2, 0) is 5.75 Å². The molecule has 0 fully saturated rings. The van der Waals surface area contributed by atoms with E-state index in [-0.39, 0.29) is 5.95 Å². The van der Waals surface area contributed by atoms with Crippen molar-refractivity contribution in [3.63, 3.8) is 0 Å². The minimum atomic E-state index is 0.150. The molecule has 0 bridgehead atoms. The molecule has 0 aliphatic carbocycles. The molecule has 0 amide bonds. The van der Waals surface area contributed by atoms with Gasteiger partial charge in [0.25, 0.3) is 0 Å². The van der Waals surface area contributed by atoms with Crippen LogP contribution < -0.4 is 11.1 Å². The first-order valence-corrected chi connectivity index (χ1v) is 10.5. The van der Waals surface area contributed by atoms with E-state index in [0.717, 1.165) is 22.1 Å². The molecule has 9 nitrogen and oxygen atoms in total. The molecule has 5 aromatic rings. The SMILES string of the molecule is Nc1nc(CSc2nnnn2-c2ccccc2)nc(Nc2ccc3ccccc3c2)n1. The van der Waals surface area contributed by atoms with Crippen molar-refractivity contribution in [2.45, 2.75) is 10.9 Å². The minimum absolute atomic E-state index is 0.150. The number of hydrogen-bond acceptors (Lipinski definition) is 9. The maximum absolute atomic E-state index is 5.92. The lowest BCUT2D eigenvalue weighted by Gasteiger charge is -2.08. The molecule has 0 saturated carbocycles. The maximum atomic E-state index is 5.92. The monoisotopic (exact) mass is 427 g/mol. The standard InChI is InChI=1S/C21H17N9S/c22-19-24-18(13-31-21-27-28-29-30(21)17-8-2-1-3-9-17)25-20(26-19)23-16-11-10-14-6-4-5-7-15(14)12-16/h1-12H,13H2,(H3,22,23,24,25,26). The predicted molar refractivity (Wildman–Crippen MR) is 120 cm³/mol. The summed E-state index contributed by atoms with van der Waals surface area (Å²) in [6.07, 6.45) is 0. The number of para-hydroxylation sites is 1. The molecular formula is C21H17N9S. The summed E-state index contributed by atoms with van der Waals surface area (Å²) in [5.74, 6) is 1.51. The highest BCUT2D eigenvalue weighted by Crippen LogP contribution is 2.23. The summed E-state index contributed by atoms with van der Waals surface area (Å²) in [6.45, 7) is 0. The van der Waals surface area contributed by atoms with Crippen LogP contribution in [0.15, 0.2) is 78.0 Å². The van der Waals surface area contributed by atoms with Crippen LogP contribution in [-0.4, -0.2) is 35.2 Å². The molecule has 31 heavy (non-hydrogen) atoms. The Hall–Kier alpha value is -4.05. The van der Waals surface area contributed by atoms with Gasteiger partial charge >= 0.3 is 0 Å². The molecule has 0 saturated heterocycles. The summed E-state index contributed by atoms with van der Waals surface area (Å²) in [5.41, 5.74) is 7.67. The molecule has 5 rings (SSSR count). The minimum Gasteiger partial charge on any atom is -0.368 e. The smallest absolute Gasteiger partial charge is 0.232 e. The summed E-state index contributed by atoms with van der Waals surface area (Å²) in [7, 11) is 0. The van der Waals surface area contributed by atoms with Crippen molar-refractivity contribution in [1.29, 1.82) is 0 Å². The number of thioether (sulfide) groups is 1. The van der Waals surface area contributed by atoms with Crippen LogP contribution in [0.3, 0.4) is 0 Å². The summed E-state index contributed by atoms with van der Waals surface area (Å²) in [4.78, 5) is 13.0. The summed E-state index contributed by atoms with van der Waals surface area (Å²) in [6, 6.07) is 23.9. The molecule has 0 spiro atoms. The third kappa shape index (κ3) is 4.28. The van der Waals surface area contributed by atoms with E-state index in [1.165, 1.54) is 11.8 Å². The quantitative estimate of drug-likeness (QED) is 0.391. The van der Waals surface area contributed by atoms with E-state index in [4.69, 9.17) is 5.73 Å². The van der Waals surface area contributed by atoms with Crippen LogP contribution in [0.5, 0.6) is 0 Å². The van der Waals surface area contributed by atoms with Crippen LogP contribution in [0.25, 0.3) is 16.5 Å². The van der Waals surface area contributed by atoms with E-state index in [1.54, 1.807) is 4.68 Å². The highest BCUT2D eigenvalue weighted by atomic mass is 32.2. The van der Waals surface area contributed by atoms with E-state index < -0.39 is 0 Å². The summed E-state index contributed by atoms with van der Waals surface area (Å²) in [5, 5.41) is 18.1. The maximum Gasteiger partial charge on any atom is 0.232 e. The van der Waals surface area contributed by atoms with Gasteiger partial charge < -0.3 is 11.1 Å². The van der Waals surface area contributed by atoms with Crippen molar-refractivity contribution < 1.29 is 0 Å². The van der Waals surface area contributed by atoms with Crippen molar-refractivity contribution in [3.8, 4) is 5.69 Å².